The van der Waals surface area contributed by atoms with E-state index in [2.05, 4.69) is 10.2 Å². The van der Waals surface area contributed by atoms with Gasteiger partial charge in [0.1, 0.15) is 6.26 Å². The second-order valence-corrected chi connectivity index (χ2v) is 3.40. The van der Waals surface area contributed by atoms with Crippen molar-refractivity contribution in [3.8, 4) is 11.4 Å². The zero-order chi connectivity index (χ0) is 10.7. The molecule has 2 rings (SSSR count). The van der Waals surface area contributed by atoms with Crippen LogP contribution < -0.4 is 0 Å². The molecule has 0 fully saturated rings. The van der Waals surface area contributed by atoms with Crippen molar-refractivity contribution in [3.63, 3.8) is 0 Å². The summed E-state index contributed by atoms with van der Waals surface area (Å²) in [5.74, 6) is 0.769. The van der Waals surface area contributed by atoms with E-state index < -0.39 is 0 Å². The van der Waals surface area contributed by atoms with Crippen molar-refractivity contribution in [2.75, 3.05) is 13.7 Å². The van der Waals surface area contributed by atoms with Crippen molar-refractivity contribution in [1.29, 1.82) is 0 Å². The molecular formula is C9H11N3O2S. The van der Waals surface area contributed by atoms with E-state index in [4.69, 9.17) is 21.4 Å². The maximum absolute atomic E-state index is 5.12. The number of nitrogens with zero attached hydrogens (tertiary/aromatic N) is 2. The summed E-state index contributed by atoms with van der Waals surface area (Å²) in [6, 6.07) is 1.84. The van der Waals surface area contributed by atoms with E-state index >= 15 is 0 Å². The Balaban J connectivity index is 2.36. The predicted octanol–water partition coefficient (Wildman–Crippen LogP) is 1.85. The van der Waals surface area contributed by atoms with Gasteiger partial charge in [0.15, 0.2) is 10.6 Å². The van der Waals surface area contributed by atoms with Gasteiger partial charge in [-0.05, 0) is 18.3 Å². The third kappa shape index (κ3) is 2.00. The Morgan fingerprint density at radius 3 is 3.20 bits per heavy atom. The number of hydrogen-bond donors (Lipinski definition) is 1. The van der Waals surface area contributed by atoms with Crippen molar-refractivity contribution in [2.45, 2.75) is 6.54 Å². The van der Waals surface area contributed by atoms with Gasteiger partial charge in [0.05, 0.1) is 25.0 Å². The van der Waals surface area contributed by atoms with E-state index in [1.54, 1.807) is 19.6 Å². The first-order valence-corrected chi connectivity index (χ1v) is 4.90. The van der Waals surface area contributed by atoms with Crippen molar-refractivity contribution >= 4 is 12.2 Å². The van der Waals surface area contributed by atoms with Crippen molar-refractivity contribution < 1.29 is 9.15 Å². The van der Waals surface area contributed by atoms with E-state index in [1.165, 1.54) is 0 Å². The molecule has 0 spiro atoms. The Labute approximate surface area is 91.7 Å². The molecule has 6 heteroatoms. The van der Waals surface area contributed by atoms with Crippen LogP contribution in [0.1, 0.15) is 0 Å². The highest BCUT2D eigenvalue weighted by atomic mass is 32.1. The smallest absolute Gasteiger partial charge is 0.195 e. The Bertz CT molecular complexity index is 472. The first kappa shape index (κ1) is 10.1. The van der Waals surface area contributed by atoms with Crippen LogP contribution in [0.2, 0.25) is 0 Å². The molecule has 5 nitrogen and oxygen atoms in total. The Kier molecular flexibility index (Phi) is 2.98. The highest BCUT2D eigenvalue weighted by Gasteiger charge is 2.08. The second-order valence-electron chi connectivity index (χ2n) is 3.01. The third-order valence-electron chi connectivity index (χ3n) is 2.06. The highest BCUT2D eigenvalue weighted by molar-refractivity contribution is 7.71. The minimum atomic E-state index is 0.586. The van der Waals surface area contributed by atoms with Gasteiger partial charge in [0.25, 0.3) is 0 Å². The molecule has 0 aromatic carbocycles. The van der Waals surface area contributed by atoms with Crippen LogP contribution in [-0.4, -0.2) is 28.5 Å². The fraction of sp³-hybridized carbons (Fsp3) is 0.333. The van der Waals surface area contributed by atoms with E-state index in [-0.39, 0.29) is 0 Å². The summed E-state index contributed by atoms with van der Waals surface area (Å²) in [5, 5.41) is 6.89. The summed E-state index contributed by atoms with van der Waals surface area (Å²) in [7, 11) is 1.65. The zero-order valence-electron chi connectivity index (χ0n) is 8.27. The molecule has 0 aliphatic carbocycles. The molecule has 0 bridgehead atoms. The van der Waals surface area contributed by atoms with Gasteiger partial charge in [0, 0.05) is 7.11 Å². The molecule has 2 heterocycles. The number of aromatic amines is 1. The molecule has 0 saturated carbocycles. The van der Waals surface area contributed by atoms with Crippen molar-refractivity contribution in [2.24, 2.45) is 0 Å². The molecule has 0 atom stereocenters. The maximum atomic E-state index is 5.12. The minimum absolute atomic E-state index is 0.586. The molecule has 0 radical (unpaired) electrons. The van der Waals surface area contributed by atoms with Gasteiger partial charge >= 0.3 is 0 Å². The first-order valence-electron chi connectivity index (χ1n) is 4.49. The van der Waals surface area contributed by atoms with Crippen LogP contribution >= 0.6 is 12.2 Å². The van der Waals surface area contributed by atoms with Gasteiger partial charge < -0.3 is 9.15 Å². The average molecular weight is 225 g/mol. The number of nitrogens with one attached hydrogen (secondary N) is 1. The fourth-order valence-corrected chi connectivity index (χ4v) is 1.54. The van der Waals surface area contributed by atoms with Crippen LogP contribution in [0, 0.1) is 4.77 Å². The lowest BCUT2D eigenvalue weighted by atomic mass is 10.3. The summed E-state index contributed by atoms with van der Waals surface area (Å²) in [4.78, 5) is 0. The first-order chi connectivity index (χ1) is 7.33. The molecule has 2 aromatic rings. The van der Waals surface area contributed by atoms with Crippen molar-refractivity contribution in [1.82, 2.24) is 14.8 Å². The molecule has 0 unspecified atom stereocenters. The highest BCUT2D eigenvalue weighted by Crippen LogP contribution is 2.17. The van der Waals surface area contributed by atoms with Crippen molar-refractivity contribution in [3.05, 3.63) is 23.4 Å². The lowest BCUT2D eigenvalue weighted by molar-refractivity contribution is 0.187. The molecule has 15 heavy (non-hydrogen) atoms. The minimum Gasteiger partial charge on any atom is -0.472 e. The zero-order valence-corrected chi connectivity index (χ0v) is 9.08. The number of H-pyrrole nitrogens is 1. The fourth-order valence-electron chi connectivity index (χ4n) is 1.32. The number of furan rings is 1. The largest absolute Gasteiger partial charge is 0.472 e. The summed E-state index contributed by atoms with van der Waals surface area (Å²) in [5.41, 5.74) is 0.901. The van der Waals surface area contributed by atoms with Crippen LogP contribution in [0.4, 0.5) is 0 Å². The molecule has 0 aliphatic heterocycles. The van der Waals surface area contributed by atoms with Gasteiger partial charge in [-0.2, -0.15) is 5.10 Å². The van der Waals surface area contributed by atoms with Gasteiger partial charge in [-0.3, -0.25) is 9.67 Å². The van der Waals surface area contributed by atoms with Gasteiger partial charge in [0.2, 0.25) is 0 Å². The quantitative estimate of drug-likeness (QED) is 0.807. The third-order valence-corrected chi connectivity index (χ3v) is 2.37. The molecule has 2 aromatic heterocycles. The van der Waals surface area contributed by atoms with Crippen LogP contribution in [0.25, 0.3) is 11.4 Å². The number of aromatic nitrogens is 3. The SMILES string of the molecule is COCCn1c(-c2ccoc2)n[nH]c1=S. The van der Waals surface area contributed by atoms with E-state index in [1.807, 2.05) is 10.6 Å². The summed E-state index contributed by atoms with van der Waals surface area (Å²) in [6.07, 6.45) is 3.24. The van der Waals surface area contributed by atoms with E-state index in [9.17, 15) is 0 Å². The second kappa shape index (κ2) is 4.41. The van der Waals surface area contributed by atoms with Crippen LogP contribution in [0.5, 0.6) is 0 Å². The number of ether oxygens (including phenoxy) is 1. The van der Waals surface area contributed by atoms with Gasteiger partial charge in [-0.1, -0.05) is 0 Å². The summed E-state index contributed by atoms with van der Waals surface area (Å²) in [6.45, 7) is 1.27. The average Bonchev–Trinajstić information content (AvgIpc) is 2.84. The molecule has 80 valence electrons. The molecule has 0 saturated heterocycles. The van der Waals surface area contributed by atoms with Crippen LogP contribution in [0.3, 0.4) is 0 Å². The summed E-state index contributed by atoms with van der Waals surface area (Å²) >= 11 is 5.12. The lowest BCUT2D eigenvalue weighted by Gasteiger charge is -2.03. The van der Waals surface area contributed by atoms with Crippen LogP contribution in [-0.2, 0) is 11.3 Å². The van der Waals surface area contributed by atoms with Gasteiger partial charge in [-0.15, -0.1) is 0 Å². The van der Waals surface area contributed by atoms with Crippen LogP contribution in [0.15, 0.2) is 23.0 Å². The number of hydrogen-bond acceptors (Lipinski definition) is 4. The van der Waals surface area contributed by atoms with Gasteiger partial charge in [-0.25, -0.2) is 0 Å². The molecule has 0 aliphatic rings. The number of rotatable bonds is 4. The Morgan fingerprint density at radius 2 is 2.53 bits per heavy atom. The topological polar surface area (TPSA) is 56.0 Å². The van der Waals surface area contributed by atoms with E-state index in [0.29, 0.717) is 17.9 Å². The summed E-state index contributed by atoms with van der Waals surface area (Å²) < 4.78 is 12.5. The van der Waals surface area contributed by atoms with E-state index in [0.717, 1.165) is 11.4 Å². The lowest BCUT2D eigenvalue weighted by Crippen LogP contribution is -2.05. The normalized spacial score (nSPS) is 10.7. The number of methoxy groups -OCH3 is 1. The maximum Gasteiger partial charge on any atom is 0.195 e. The standard InChI is InChI=1S/C9H11N3O2S/c1-13-5-3-12-8(10-11-9(12)15)7-2-4-14-6-7/h2,4,6H,3,5H2,1H3,(H,11,15). The Hall–Kier alpha value is -1.40. The predicted molar refractivity (Wildman–Crippen MR) is 57.0 cm³/mol. The monoisotopic (exact) mass is 225 g/mol. The Morgan fingerprint density at radius 1 is 1.67 bits per heavy atom. The molecule has 0 amide bonds. The molecular weight excluding hydrogens is 214 g/mol. The molecule has 1 N–H and O–H groups in total.